The second kappa shape index (κ2) is 13.6. The van der Waals surface area contributed by atoms with Crippen LogP contribution in [0.15, 0.2) is 44.2 Å². The van der Waals surface area contributed by atoms with Gasteiger partial charge >= 0.3 is 0 Å². The minimum absolute atomic E-state index is 0.00999. The summed E-state index contributed by atoms with van der Waals surface area (Å²) in [5.74, 6) is -0.523. The lowest BCUT2D eigenvalue weighted by atomic mass is 10.1. The summed E-state index contributed by atoms with van der Waals surface area (Å²) >= 11 is 0. The molecular formula is C21H27N5O8S. The highest BCUT2D eigenvalue weighted by molar-refractivity contribution is 7.89. The highest BCUT2D eigenvalue weighted by atomic mass is 32.2. The molecule has 190 valence electrons. The smallest absolute Gasteiger partial charge is 0.281 e. The molecule has 0 amide bonds. The SMILES string of the molecule is Cc1c(C#N)c(O)n(CCOCCO)c(=O)c1N=Nc1ccc(S(=O)(=O)NCCOCCO)cc1. The zero-order valence-electron chi connectivity index (χ0n) is 19.0. The number of azo groups is 1. The number of nitrogens with zero attached hydrogens (tertiary/aromatic N) is 4. The number of aliphatic hydroxyl groups excluding tert-OH is 2. The molecule has 1 heterocycles. The van der Waals surface area contributed by atoms with Gasteiger partial charge in [-0.3, -0.25) is 9.36 Å². The Morgan fingerprint density at radius 3 is 2.29 bits per heavy atom. The molecule has 0 fully saturated rings. The van der Waals surface area contributed by atoms with E-state index in [9.17, 15) is 23.6 Å². The maximum absolute atomic E-state index is 12.8. The number of rotatable bonds is 14. The van der Waals surface area contributed by atoms with Crippen molar-refractivity contribution in [1.82, 2.24) is 9.29 Å². The first kappa shape index (κ1) is 28.1. The van der Waals surface area contributed by atoms with Crippen LogP contribution in [0.5, 0.6) is 5.88 Å². The van der Waals surface area contributed by atoms with Gasteiger partial charge in [-0.2, -0.15) is 10.4 Å². The summed E-state index contributed by atoms with van der Waals surface area (Å²) in [4.78, 5) is 12.8. The van der Waals surface area contributed by atoms with E-state index in [1.165, 1.54) is 31.2 Å². The van der Waals surface area contributed by atoms with Gasteiger partial charge in [0.1, 0.15) is 11.6 Å². The number of hydrogen-bond donors (Lipinski definition) is 4. The van der Waals surface area contributed by atoms with Gasteiger partial charge in [0.05, 0.1) is 56.8 Å². The third kappa shape index (κ3) is 7.65. The Kier molecular flexibility index (Phi) is 10.9. The van der Waals surface area contributed by atoms with E-state index in [4.69, 9.17) is 19.7 Å². The predicted octanol–water partition coefficient (Wildman–Crippen LogP) is 0.445. The van der Waals surface area contributed by atoms with E-state index in [1.807, 2.05) is 6.07 Å². The molecule has 2 aromatic rings. The van der Waals surface area contributed by atoms with Crippen LogP contribution in [0, 0.1) is 18.3 Å². The van der Waals surface area contributed by atoms with Crippen LogP contribution >= 0.6 is 0 Å². The van der Waals surface area contributed by atoms with Gasteiger partial charge in [0.15, 0.2) is 5.69 Å². The summed E-state index contributed by atoms with van der Waals surface area (Å²) in [5, 5.41) is 45.1. The van der Waals surface area contributed by atoms with E-state index in [0.717, 1.165) is 4.57 Å². The molecular weight excluding hydrogens is 482 g/mol. The van der Waals surface area contributed by atoms with Gasteiger partial charge in [-0.15, -0.1) is 5.11 Å². The first-order valence-corrected chi connectivity index (χ1v) is 12.0. The van der Waals surface area contributed by atoms with Gasteiger partial charge in [-0.1, -0.05) is 0 Å². The summed E-state index contributed by atoms with van der Waals surface area (Å²) in [6, 6.07) is 7.24. The maximum Gasteiger partial charge on any atom is 0.281 e. The van der Waals surface area contributed by atoms with Crippen molar-refractivity contribution >= 4 is 21.4 Å². The van der Waals surface area contributed by atoms with E-state index in [-0.39, 0.29) is 80.1 Å². The largest absolute Gasteiger partial charge is 0.493 e. The molecule has 0 spiro atoms. The minimum Gasteiger partial charge on any atom is -0.493 e. The highest BCUT2D eigenvalue weighted by Crippen LogP contribution is 2.27. The lowest BCUT2D eigenvalue weighted by Crippen LogP contribution is -2.27. The molecule has 0 unspecified atom stereocenters. The van der Waals surface area contributed by atoms with Crippen molar-refractivity contribution in [3.05, 3.63) is 45.7 Å². The number of benzene rings is 1. The van der Waals surface area contributed by atoms with Gasteiger partial charge in [-0.05, 0) is 31.2 Å². The van der Waals surface area contributed by atoms with Crippen molar-refractivity contribution in [3.63, 3.8) is 0 Å². The number of aromatic nitrogens is 1. The fourth-order valence-electron chi connectivity index (χ4n) is 2.88. The number of hydrogen-bond acceptors (Lipinski definition) is 11. The standard InChI is InChI=1S/C21H27N5O8S/c1-15-18(14-22)20(29)26(7-11-34-13-9-28)21(30)19(15)25-24-16-2-4-17(5-3-16)35(31,32)23-6-10-33-12-8-27/h2-5,23,27-29H,6-13H2,1H3. The second-order valence-corrected chi connectivity index (χ2v) is 8.77. The summed E-state index contributed by atoms with van der Waals surface area (Å²) in [5.41, 5.74) is -0.613. The zero-order valence-corrected chi connectivity index (χ0v) is 19.9. The Morgan fingerprint density at radius 1 is 1.06 bits per heavy atom. The molecule has 1 aromatic carbocycles. The fraction of sp³-hybridized carbons (Fsp3) is 0.429. The van der Waals surface area contributed by atoms with Crippen LogP contribution in [0.3, 0.4) is 0 Å². The van der Waals surface area contributed by atoms with Gasteiger partial charge in [0.2, 0.25) is 15.9 Å². The Balaban J connectivity index is 2.23. The van der Waals surface area contributed by atoms with E-state index in [1.54, 1.807) is 0 Å². The lowest BCUT2D eigenvalue weighted by Gasteiger charge is -2.13. The van der Waals surface area contributed by atoms with E-state index >= 15 is 0 Å². The average Bonchev–Trinajstić information content (AvgIpc) is 2.84. The van der Waals surface area contributed by atoms with Crippen molar-refractivity contribution in [3.8, 4) is 11.9 Å². The second-order valence-electron chi connectivity index (χ2n) is 7.00. The van der Waals surface area contributed by atoms with E-state index < -0.39 is 21.5 Å². The number of nitrogens with one attached hydrogen (secondary N) is 1. The van der Waals surface area contributed by atoms with Crippen LogP contribution < -0.4 is 10.3 Å². The molecule has 0 radical (unpaired) electrons. The molecule has 13 nitrogen and oxygen atoms in total. The van der Waals surface area contributed by atoms with Crippen molar-refractivity contribution in [2.75, 3.05) is 46.2 Å². The Bertz CT molecular complexity index is 1220. The van der Waals surface area contributed by atoms with Gasteiger partial charge in [0, 0.05) is 12.1 Å². The van der Waals surface area contributed by atoms with Gasteiger partial charge in [0.25, 0.3) is 5.56 Å². The molecule has 14 heteroatoms. The molecule has 0 saturated carbocycles. The number of pyridine rings is 1. The summed E-state index contributed by atoms with van der Waals surface area (Å²) in [7, 11) is -3.79. The fourth-order valence-corrected chi connectivity index (χ4v) is 3.90. The van der Waals surface area contributed by atoms with Crippen molar-refractivity contribution in [1.29, 1.82) is 5.26 Å². The molecule has 0 aliphatic rings. The van der Waals surface area contributed by atoms with Crippen LogP contribution in [0.1, 0.15) is 11.1 Å². The van der Waals surface area contributed by atoms with Crippen LogP contribution in [0.2, 0.25) is 0 Å². The lowest BCUT2D eigenvalue weighted by molar-refractivity contribution is 0.0854. The molecule has 35 heavy (non-hydrogen) atoms. The summed E-state index contributed by atoms with van der Waals surface area (Å²) in [6.07, 6.45) is 0. The Labute approximate surface area is 201 Å². The van der Waals surface area contributed by atoms with Crippen LogP contribution in [0.4, 0.5) is 11.4 Å². The first-order chi connectivity index (χ1) is 16.8. The summed E-state index contributed by atoms with van der Waals surface area (Å²) in [6.45, 7) is 1.33. The number of aliphatic hydroxyl groups is 2. The average molecular weight is 510 g/mol. The third-order valence-corrected chi connectivity index (χ3v) is 6.13. The van der Waals surface area contributed by atoms with Crippen molar-refractivity contribution in [2.24, 2.45) is 10.2 Å². The molecule has 1 aromatic heterocycles. The molecule has 0 saturated heterocycles. The van der Waals surface area contributed by atoms with E-state index in [0.29, 0.717) is 0 Å². The molecule has 0 aliphatic heterocycles. The van der Waals surface area contributed by atoms with Gasteiger partial charge < -0.3 is 24.8 Å². The number of aromatic hydroxyl groups is 1. The minimum atomic E-state index is -3.79. The Hall–Kier alpha value is -3.19. The van der Waals surface area contributed by atoms with Crippen molar-refractivity contribution in [2.45, 2.75) is 18.4 Å². The zero-order chi connectivity index (χ0) is 25.8. The highest BCUT2D eigenvalue weighted by Gasteiger charge is 2.19. The quantitative estimate of drug-likeness (QED) is 0.206. The molecule has 2 rings (SSSR count). The number of nitriles is 1. The Morgan fingerprint density at radius 2 is 1.69 bits per heavy atom. The molecule has 4 N–H and O–H groups in total. The third-order valence-electron chi connectivity index (χ3n) is 4.65. The predicted molar refractivity (Wildman–Crippen MR) is 123 cm³/mol. The van der Waals surface area contributed by atoms with E-state index in [2.05, 4.69) is 15.0 Å². The maximum atomic E-state index is 12.8. The van der Waals surface area contributed by atoms with Crippen molar-refractivity contribution < 1.29 is 33.2 Å². The topological polar surface area (TPSA) is 196 Å². The summed E-state index contributed by atoms with van der Waals surface area (Å²) < 4.78 is 38.1. The van der Waals surface area contributed by atoms with Crippen LogP contribution in [-0.4, -0.2) is 74.5 Å². The normalized spacial score (nSPS) is 11.7. The van der Waals surface area contributed by atoms with Crippen LogP contribution in [-0.2, 0) is 26.0 Å². The monoisotopic (exact) mass is 509 g/mol. The molecule has 0 atom stereocenters. The first-order valence-electron chi connectivity index (χ1n) is 10.5. The number of ether oxygens (including phenoxy) is 2. The molecule has 0 bridgehead atoms. The number of sulfonamides is 1. The molecule has 0 aliphatic carbocycles. The van der Waals surface area contributed by atoms with Crippen LogP contribution in [0.25, 0.3) is 0 Å². The van der Waals surface area contributed by atoms with Gasteiger partial charge in [-0.25, -0.2) is 13.1 Å².